The van der Waals surface area contributed by atoms with Crippen LogP contribution in [0.1, 0.15) is 0 Å². The van der Waals surface area contributed by atoms with Crippen LogP contribution < -0.4 is 0 Å². The van der Waals surface area contributed by atoms with Crippen LogP contribution in [0.15, 0.2) is 6.07 Å². The topological polar surface area (TPSA) is 26.3 Å². The van der Waals surface area contributed by atoms with E-state index in [0.717, 1.165) is 6.07 Å². The van der Waals surface area contributed by atoms with Crippen molar-refractivity contribution in [3.05, 3.63) is 6.07 Å². The van der Waals surface area contributed by atoms with E-state index in [1.54, 1.807) is 0 Å². The number of rotatable bonds is 2. The maximum atomic E-state index is 10.9. The van der Waals surface area contributed by atoms with Gasteiger partial charge < -0.3 is 4.74 Å². The second kappa shape index (κ2) is 6.57. The van der Waals surface area contributed by atoms with E-state index in [-0.39, 0.29) is 6.61 Å². The number of halogens is 6. The summed E-state index contributed by atoms with van der Waals surface area (Å²) >= 11 is 23.1. The largest absolute Gasteiger partial charge is 0.457 e. The Morgan fingerprint density at radius 2 is 1.85 bits per heavy atom. The SMILES string of the molecule is O=C(OCC(I)=C(Br)I)C(Cl)(Cl)Cl. The predicted octanol–water partition coefficient (Wildman–Crippen LogP) is 4.33. The van der Waals surface area contributed by atoms with Crippen LogP contribution in [0, 0.1) is 0 Å². The molecule has 0 unspecified atom stereocenters. The van der Waals surface area contributed by atoms with Gasteiger partial charge >= 0.3 is 5.97 Å². The van der Waals surface area contributed by atoms with Gasteiger partial charge in [0.2, 0.25) is 0 Å². The maximum absolute atomic E-state index is 10.9. The monoisotopic (exact) mass is 532 g/mol. The van der Waals surface area contributed by atoms with Crippen LogP contribution in [0.25, 0.3) is 0 Å². The summed E-state index contributed by atoms with van der Waals surface area (Å²) in [4.78, 5) is 10.9. The van der Waals surface area contributed by atoms with Crippen LogP contribution >= 0.6 is 95.9 Å². The van der Waals surface area contributed by atoms with E-state index >= 15 is 0 Å². The fraction of sp³-hybridized carbons (Fsp3) is 0.400. The highest BCUT2D eigenvalue weighted by Crippen LogP contribution is 2.29. The summed E-state index contributed by atoms with van der Waals surface area (Å²) in [7, 11) is 0. The van der Waals surface area contributed by atoms with Crippen LogP contribution in [0.3, 0.4) is 0 Å². The van der Waals surface area contributed by atoms with Gasteiger partial charge in [-0.1, -0.05) is 34.8 Å². The van der Waals surface area contributed by atoms with Crippen molar-refractivity contribution < 1.29 is 9.53 Å². The van der Waals surface area contributed by atoms with Gasteiger partial charge in [-0.3, -0.25) is 0 Å². The molecule has 0 saturated carbocycles. The maximum Gasteiger partial charge on any atom is 0.358 e. The molecule has 76 valence electrons. The summed E-state index contributed by atoms with van der Waals surface area (Å²) in [5, 5.41) is 0. The molecular weight excluding hydrogens is 532 g/mol. The third-order valence-electron chi connectivity index (χ3n) is 0.767. The van der Waals surface area contributed by atoms with Crippen molar-refractivity contribution >= 4 is 102 Å². The first-order valence-corrected chi connectivity index (χ1v) is 6.77. The number of hydrogen-bond acceptors (Lipinski definition) is 2. The number of hydrogen-bond donors (Lipinski definition) is 0. The molecule has 0 spiro atoms. The number of alkyl halides is 3. The van der Waals surface area contributed by atoms with Crippen molar-refractivity contribution in [3.63, 3.8) is 0 Å². The Kier molecular flexibility index (Phi) is 7.59. The Labute approximate surface area is 126 Å². The van der Waals surface area contributed by atoms with Crippen LogP contribution in [-0.2, 0) is 9.53 Å². The van der Waals surface area contributed by atoms with E-state index in [9.17, 15) is 4.79 Å². The Morgan fingerprint density at radius 3 is 2.15 bits per heavy atom. The first-order valence-electron chi connectivity index (χ1n) is 2.68. The molecule has 0 aromatic rings. The van der Waals surface area contributed by atoms with Crippen molar-refractivity contribution in [2.45, 2.75) is 3.79 Å². The van der Waals surface area contributed by atoms with Gasteiger partial charge in [0.05, 0.1) is 2.49 Å². The van der Waals surface area contributed by atoms with E-state index < -0.39 is 9.76 Å². The molecule has 13 heavy (non-hydrogen) atoms. The van der Waals surface area contributed by atoms with E-state index in [0.29, 0.717) is 0 Å². The molecule has 0 aliphatic rings. The lowest BCUT2D eigenvalue weighted by Crippen LogP contribution is -2.22. The lowest BCUT2D eigenvalue weighted by Gasteiger charge is -2.09. The highest BCUT2D eigenvalue weighted by molar-refractivity contribution is 14.1. The molecule has 0 rings (SSSR count). The molecule has 0 fully saturated rings. The number of esters is 1. The molecule has 0 aliphatic heterocycles. The lowest BCUT2D eigenvalue weighted by molar-refractivity contribution is -0.141. The van der Waals surface area contributed by atoms with Gasteiger partial charge in [-0.05, 0) is 61.1 Å². The van der Waals surface area contributed by atoms with Crippen molar-refractivity contribution in [2.24, 2.45) is 0 Å². The molecule has 0 aliphatic carbocycles. The Hall–Kier alpha value is 2.02. The summed E-state index contributed by atoms with van der Waals surface area (Å²) < 4.78 is 4.36. The zero-order valence-electron chi connectivity index (χ0n) is 5.79. The van der Waals surface area contributed by atoms with Crippen molar-refractivity contribution in [1.82, 2.24) is 0 Å². The van der Waals surface area contributed by atoms with Gasteiger partial charge in [0.15, 0.2) is 0 Å². The van der Waals surface area contributed by atoms with Crippen molar-refractivity contribution in [3.8, 4) is 0 Å². The second-order valence-corrected chi connectivity index (χ2v) is 8.68. The average Bonchev–Trinajstić information content (AvgIpc) is 1.97. The second-order valence-electron chi connectivity index (χ2n) is 1.74. The summed E-state index contributed by atoms with van der Waals surface area (Å²) in [6, 6.07) is 0. The Balaban J connectivity index is 4.07. The van der Waals surface area contributed by atoms with Gasteiger partial charge in [0, 0.05) is 3.58 Å². The van der Waals surface area contributed by atoms with Gasteiger partial charge in [-0.15, -0.1) is 0 Å². The van der Waals surface area contributed by atoms with E-state index in [1.807, 2.05) is 45.2 Å². The third kappa shape index (κ3) is 6.99. The average molecular weight is 534 g/mol. The quantitative estimate of drug-likeness (QED) is 0.300. The molecule has 0 radical (unpaired) electrons. The first kappa shape index (κ1) is 15.0. The summed E-state index contributed by atoms with van der Waals surface area (Å²) in [5.74, 6) is -0.878. The van der Waals surface area contributed by atoms with Gasteiger partial charge in [-0.2, -0.15) is 0 Å². The van der Waals surface area contributed by atoms with Gasteiger partial charge in [0.1, 0.15) is 6.61 Å². The minimum atomic E-state index is -2.01. The smallest absolute Gasteiger partial charge is 0.358 e. The van der Waals surface area contributed by atoms with E-state index in [2.05, 4.69) is 15.9 Å². The molecule has 0 aromatic heterocycles. The van der Waals surface area contributed by atoms with Gasteiger partial charge in [0.25, 0.3) is 3.79 Å². The Morgan fingerprint density at radius 1 is 1.38 bits per heavy atom. The zero-order chi connectivity index (χ0) is 10.6. The third-order valence-corrected chi connectivity index (χ3v) is 4.98. The van der Waals surface area contributed by atoms with Crippen molar-refractivity contribution in [1.29, 1.82) is 0 Å². The molecule has 0 saturated heterocycles. The normalized spacial score (nSPS) is 13.7. The molecule has 0 amide bonds. The molecule has 0 heterocycles. The highest BCUT2D eigenvalue weighted by atomic mass is 127. The lowest BCUT2D eigenvalue weighted by atomic mass is 10.7. The summed E-state index contributed by atoms with van der Waals surface area (Å²) in [6.45, 7) is 0.0941. The Bertz CT molecular complexity index is 234. The van der Waals surface area contributed by atoms with Crippen LogP contribution in [0.5, 0.6) is 0 Å². The van der Waals surface area contributed by atoms with Gasteiger partial charge in [-0.25, -0.2) is 4.79 Å². The van der Waals surface area contributed by atoms with Crippen LogP contribution in [-0.4, -0.2) is 16.4 Å². The summed E-state index contributed by atoms with van der Waals surface area (Å²) in [5.41, 5.74) is 0. The molecule has 0 N–H and O–H groups in total. The van der Waals surface area contributed by atoms with Crippen molar-refractivity contribution in [2.75, 3.05) is 6.61 Å². The summed E-state index contributed by atoms with van der Waals surface area (Å²) in [6.07, 6.45) is 0. The molecular formula is C5H2BrCl3I2O2. The zero-order valence-corrected chi connectivity index (χ0v) is 14.0. The molecule has 0 bridgehead atoms. The van der Waals surface area contributed by atoms with E-state index in [1.165, 1.54) is 0 Å². The number of carbonyl (C=O) groups is 1. The number of carbonyl (C=O) groups excluding carboxylic acids is 1. The predicted molar refractivity (Wildman–Crippen MR) is 75.2 cm³/mol. The minimum absolute atomic E-state index is 0.0941. The molecule has 0 atom stereocenters. The fourth-order valence-electron chi connectivity index (χ4n) is 0.265. The molecule has 0 aromatic carbocycles. The number of ether oxygens (including phenoxy) is 1. The van der Waals surface area contributed by atoms with Crippen LogP contribution in [0.2, 0.25) is 0 Å². The standard InChI is InChI=1S/C5H2BrCl3I2O2/c6-3(11)2(10)1-13-4(12)5(7,8)9/h1H2. The first-order chi connectivity index (χ1) is 5.75. The fourth-order valence-corrected chi connectivity index (χ4v) is 0.855. The minimum Gasteiger partial charge on any atom is -0.457 e. The van der Waals surface area contributed by atoms with E-state index in [4.69, 9.17) is 39.5 Å². The van der Waals surface area contributed by atoms with Crippen LogP contribution in [0.4, 0.5) is 0 Å². The molecule has 8 heteroatoms. The molecule has 2 nitrogen and oxygen atoms in total. The highest BCUT2D eigenvalue weighted by Gasteiger charge is 2.32.